The molecule has 16 nitrogen and oxygen atoms in total. The Kier molecular flexibility index (Phi) is 8.48. The molecular weight excluding hydrogens is 738 g/mol. The molecule has 0 spiro atoms. The molecule has 2 heterocycles. The van der Waals surface area contributed by atoms with Gasteiger partial charge in [0.15, 0.2) is 11.4 Å². The number of aromatic hydroxyl groups is 1. The van der Waals surface area contributed by atoms with E-state index in [1.807, 2.05) is 0 Å². The van der Waals surface area contributed by atoms with Gasteiger partial charge in [-0.3, -0.25) is 48.3 Å². The highest BCUT2D eigenvalue weighted by molar-refractivity contribution is 6.26. The zero-order valence-corrected chi connectivity index (χ0v) is 31.2. The van der Waals surface area contributed by atoms with Crippen LogP contribution in [0.15, 0.2) is 71.5 Å². The van der Waals surface area contributed by atoms with E-state index in [-0.39, 0.29) is 58.3 Å². The van der Waals surface area contributed by atoms with Crippen molar-refractivity contribution in [2.45, 2.75) is 31.0 Å². The van der Waals surface area contributed by atoms with E-state index in [0.717, 1.165) is 9.80 Å². The first-order valence-electron chi connectivity index (χ1n) is 18.1. The van der Waals surface area contributed by atoms with E-state index in [0.29, 0.717) is 11.3 Å². The number of likely N-dealkylation sites (N-methyl/N-ethyl adjacent to an activating group) is 1. The maximum Gasteiger partial charge on any atom is 0.263 e. The number of hydrogen-bond donors (Lipinski definition) is 5. The molecule has 57 heavy (non-hydrogen) atoms. The van der Waals surface area contributed by atoms with Crippen LogP contribution in [-0.4, -0.2) is 123 Å². The number of fused-ring (bicyclic) bond motifs is 5. The molecule has 0 radical (unpaired) electrons. The van der Waals surface area contributed by atoms with Crippen LogP contribution in [0.3, 0.4) is 0 Å². The summed E-state index contributed by atoms with van der Waals surface area (Å²) >= 11 is 0. The molecule has 4 atom stereocenters. The second kappa shape index (κ2) is 13.0. The van der Waals surface area contributed by atoms with E-state index < -0.39 is 94.1 Å². The number of benzene rings is 3. The van der Waals surface area contributed by atoms with Crippen LogP contribution in [0, 0.1) is 11.8 Å². The molecule has 0 unspecified atom stereocenters. The summed E-state index contributed by atoms with van der Waals surface area (Å²) in [5, 5.41) is 50.0. The van der Waals surface area contributed by atoms with Crippen molar-refractivity contribution in [2.24, 2.45) is 11.8 Å². The molecule has 3 aromatic rings. The molecule has 16 heteroatoms. The number of phenols is 1. The molecule has 1 saturated carbocycles. The third-order valence-corrected chi connectivity index (χ3v) is 11.7. The molecule has 0 aromatic heterocycles. The summed E-state index contributed by atoms with van der Waals surface area (Å²) in [6, 6.07) is 12.6. The van der Waals surface area contributed by atoms with E-state index >= 15 is 0 Å². The summed E-state index contributed by atoms with van der Waals surface area (Å²) in [7, 11) is 6.43. The van der Waals surface area contributed by atoms with Crippen LogP contribution >= 0.6 is 0 Å². The Hall–Kier alpha value is -6.65. The molecule has 5 aliphatic rings. The standard InChI is InChI=1S/C41H37N5O11/c1-43(2)26-15-19(16-45-37(53)20-9-5-6-10-21(20)38(45)54)31(47)28-24(26)13-18-14-25-30(44(3)4)33(49)29(35(51)41(25,57)34(50)27(18)32(28)48)36(52)42-17-46-39(55)22-11-7-8-12-23(22)40(46)56/h5-12,15,18,25,30,47-48,51,57H,13-14,16-17H2,1-4H3,(H,42,52)/t18-,25-,30-,41-/m0/s1. The molecule has 0 bridgehead atoms. The summed E-state index contributed by atoms with van der Waals surface area (Å²) in [6.07, 6.45) is -0.0953. The zero-order valence-electron chi connectivity index (χ0n) is 31.2. The first-order valence-corrected chi connectivity index (χ1v) is 18.1. The highest BCUT2D eigenvalue weighted by Gasteiger charge is 2.64. The molecule has 292 valence electrons. The molecule has 8 rings (SSSR count). The van der Waals surface area contributed by atoms with Crippen molar-refractivity contribution in [1.29, 1.82) is 0 Å². The smallest absolute Gasteiger partial charge is 0.263 e. The predicted octanol–water partition coefficient (Wildman–Crippen LogP) is 1.71. The summed E-state index contributed by atoms with van der Waals surface area (Å²) in [5.41, 5.74) is -2.80. The number of carbonyl (C=O) groups excluding carboxylic acids is 7. The number of anilines is 1. The number of nitrogens with zero attached hydrogens (tertiary/aromatic N) is 4. The van der Waals surface area contributed by atoms with Gasteiger partial charge < -0.3 is 30.6 Å². The van der Waals surface area contributed by atoms with E-state index in [2.05, 4.69) is 5.32 Å². The quantitative estimate of drug-likeness (QED) is 0.171. The summed E-state index contributed by atoms with van der Waals surface area (Å²) in [4.78, 5) is 99.6. The Morgan fingerprint density at radius 3 is 1.86 bits per heavy atom. The Bertz CT molecular complexity index is 2420. The van der Waals surface area contributed by atoms with E-state index in [9.17, 15) is 54.0 Å². The fraction of sp³-hybridized carbons (Fsp3) is 0.293. The first kappa shape index (κ1) is 37.3. The number of aliphatic hydroxyl groups is 3. The van der Waals surface area contributed by atoms with Crippen molar-refractivity contribution < 1.29 is 54.0 Å². The SMILES string of the molecule is CN(C)c1cc(CN2C(=O)c3ccccc3C2=O)c(O)c2c1C[C@H]1C[C@H]3[C@H](N(C)C)C(=O)C(C(=O)NCN4C(=O)c5ccccc5C4=O)=C(O)[C@@]3(O)C(=O)C1=C2O. The number of rotatable bonds is 7. The van der Waals surface area contributed by atoms with Crippen molar-refractivity contribution in [2.75, 3.05) is 39.8 Å². The minimum absolute atomic E-state index is 0.0356. The first-order chi connectivity index (χ1) is 27.0. The van der Waals surface area contributed by atoms with Gasteiger partial charge in [0.2, 0.25) is 5.78 Å². The number of Topliss-reactive ketones (excluding diaryl/α,β-unsaturated/α-hetero) is 2. The van der Waals surface area contributed by atoms with Gasteiger partial charge in [0.05, 0.1) is 40.4 Å². The number of aliphatic hydroxyl groups excluding tert-OH is 2. The van der Waals surface area contributed by atoms with Crippen molar-refractivity contribution in [3.05, 3.63) is 110 Å². The van der Waals surface area contributed by atoms with Crippen LogP contribution in [0.5, 0.6) is 5.75 Å². The van der Waals surface area contributed by atoms with Crippen LogP contribution in [0.2, 0.25) is 0 Å². The zero-order chi connectivity index (χ0) is 41.0. The van der Waals surface area contributed by atoms with Crippen molar-refractivity contribution in [3.8, 4) is 5.75 Å². The number of phenolic OH excluding ortho intramolecular Hbond substituents is 1. The lowest BCUT2D eigenvalue weighted by atomic mass is 9.57. The highest BCUT2D eigenvalue weighted by atomic mass is 16.3. The third kappa shape index (κ3) is 5.17. The lowest BCUT2D eigenvalue weighted by Crippen LogP contribution is -2.66. The fourth-order valence-corrected chi connectivity index (χ4v) is 9.02. The van der Waals surface area contributed by atoms with Gasteiger partial charge in [-0.05, 0) is 68.8 Å². The van der Waals surface area contributed by atoms with Crippen LogP contribution < -0.4 is 10.2 Å². The largest absolute Gasteiger partial charge is 0.508 e. The molecule has 3 aliphatic carbocycles. The van der Waals surface area contributed by atoms with Crippen LogP contribution in [0.1, 0.15) is 64.5 Å². The van der Waals surface area contributed by atoms with Crippen LogP contribution in [0.25, 0.3) is 5.76 Å². The van der Waals surface area contributed by atoms with Gasteiger partial charge in [0.1, 0.15) is 29.5 Å². The Balaban J connectivity index is 1.18. The topological polar surface area (TPSA) is 225 Å². The van der Waals surface area contributed by atoms with Gasteiger partial charge in [-0.25, -0.2) is 0 Å². The van der Waals surface area contributed by atoms with Gasteiger partial charge in [0, 0.05) is 36.8 Å². The maximum absolute atomic E-state index is 14.7. The Labute approximate surface area is 324 Å². The number of amides is 5. The number of carbonyl (C=O) groups is 7. The minimum atomic E-state index is -2.92. The average molecular weight is 776 g/mol. The van der Waals surface area contributed by atoms with Crippen molar-refractivity contribution in [1.82, 2.24) is 20.0 Å². The fourth-order valence-electron chi connectivity index (χ4n) is 9.02. The minimum Gasteiger partial charge on any atom is -0.508 e. The van der Waals surface area contributed by atoms with Gasteiger partial charge >= 0.3 is 0 Å². The van der Waals surface area contributed by atoms with Crippen LogP contribution in [-0.2, 0) is 27.3 Å². The van der Waals surface area contributed by atoms with E-state index in [1.165, 1.54) is 43.3 Å². The summed E-state index contributed by atoms with van der Waals surface area (Å²) < 4.78 is 0. The lowest BCUT2D eigenvalue weighted by molar-refractivity contribution is -0.153. The second-order valence-electron chi connectivity index (χ2n) is 15.2. The molecule has 1 fully saturated rings. The number of nitrogens with one attached hydrogen (secondary N) is 1. The van der Waals surface area contributed by atoms with Crippen molar-refractivity contribution in [3.63, 3.8) is 0 Å². The van der Waals surface area contributed by atoms with Gasteiger partial charge in [0.25, 0.3) is 29.5 Å². The second-order valence-corrected chi connectivity index (χ2v) is 15.2. The monoisotopic (exact) mass is 775 g/mol. The summed E-state index contributed by atoms with van der Waals surface area (Å²) in [5.74, 6) is -10.6. The van der Waals surface area contributed by atoms with Gasteiger partial charge in [-0.15, -0.1) is 0 Å². The molecule has 3 aromatic carbocycles. The molecule has 0 saturated heterocycles. The summed E-state index contributed by atoms with van der Waals surface area (Å²) in [6.45, 7) is -1.08. The Morgan fingerprint density at radius 2 is 1.35 bits per heavy atom. The highest BCUT2D eigenvalue weighted by Crippen LogP contribution is 2.54. The number of hydrogen-bond acceptors (Lipinski definition) is 13. The molecular formula is C41H37N5O11. The van der Waals surface area contributed by atoms with Crippen molar-refractivity contribution >= 4 is 52.5 Å². The predicted molar refractivity (Wildman–Crippen MR) is 200 cm³/mol. The van der Waals surface area contributed by atoms with Gasteiger partial charge in [-0.1, -0.05) is 24.3 Å². The Morgan fingerprint density at radius 1 is 0.825 bits per heavy atom. The molecule has 5 N–H and O–H groups in total. The van der Waals surface area contributed by atoms with Crippen LogP contribution in [0.4, 0.5) is 5.69 Å². The average Bonchev–Trinajstić information content (AvgIpc) is 3.56. The number of ketones is 2. The van der Waals surface area contributed by atoms with E-state index in [4.69, 9.17) is 0 Å². The molecule has 2 aliphatic heterocycles. The normalized spacial score (nSPS) is 23.9. The third-order valence-electron chi connectivity index (χ3n) is 11.7. The molecule has 5 amide bonds. The number of imide groups is 2. The van der Waals surface area contributed by atoms with Gasteiger partial charge in [-0.2, -0.15) is 0 Å². The lowest BCUT2D eigenvalue weighted by Gasteiger charge is -2.50. The van der Waals surface area contributed by atoms with E-state index in [1.54, 1.807) is 49.3 Å². The maximum atomic E-state index is 14.7.